The number of aryl methyl sites for hydroxylation is 3. The quantitative estimate of drug-likeness (QED) is 0.832. The van der Waals surface area contributed by atoms with Crippen molar-refractivity contribution in [2.24, 2.45) is 0 Å². The maximum Gasteiger partial charge on any atom is 0.348 e. The molecule has 26 heavy (non-hydrogen) atoms. The van der Waals surface area contributed by atoms with Gasteiger partial charge in [-0.15, -0.1) is 0 Å². The van der Waals surface area contributed by atoms with Gasteiger partial charge in [0, 0.05) is 37.6 Å². The van der Waals surface area contributed by atoms with Crippen LogP contribution in [0.3, 0.4) is 0 Å². The summed E-state index contributed by atoms with van der Waals surface area (Å²) in [4.78, 5) is 35.6. The summed E-state index contributed by atoms with van der Waals surface area (Å²) in [5.41, 5.74) is 1.96. The first-order valence-electron chi connectivity index (χ1n) is 8.59. The summed E-state index contributed by atoms with van der Waals surface area (Å²) in [6.07, 6.45) is 0. The van der Waals surface area contributed by atoms with E-state index in [0.717, 1.165) is 29.6 Å². The summed E-state index contributed by atoms with van der Waals surface area (Å²) in [6.45, 7) is 9.17. The second kappa shape index (κ2) is 7.96. The molecule has 0 unspecified atom stereocenters. The van der Waals surface area contributed by atoms with Gasteiger partial charge in [0.1, 0.15) is 4.88 Å². The number of carbonyl (C=O) groups is 1. The molecule has 0 aromatic carbocycles. The molecule has 1 amide bonds. The van der Waals surface area contributed by atoms with Crippen LogP contribution < -0.4 is 15.9 Å². The van der Waals surface area contributed by atoms with E-state index in [1.165, 1.54) is 11.3 Å². The Bertz CT molecular complexity index is 855. The lowest BCUT2D eigenvalue weighted by Gasteiger charge is -2.25. The third-order valence-electron chi connectivity index (χ3n) is 4.24. The zero-order valence-corrected chi connectivity index (χ0v) is 16.1. The predicted octanol–water partition coefficient (Wildman–Crippen LogP) is 0.892. The summed E-state index contributed by atoms with van der Waals surface area (Å²) in [5, 5.41) is 3.73. The molecule has 3 heterocycles. The molecule has 1 aliphatic rings. The number of aromatic nitrogens is 3. The van der Waals surface area contributed by atoms with Crippen molar-refractivity contribution in [3.05, 3.63) is 38.5 Å². The van der Waals surface area contributed by atoms with E-state index in [1.54, 1.807) is 11.5 Å². The van der Waals surface area contributed by atoms with Gasteiger partial charge in [0.25, 0.3) is 5.91 Å². The highest BCUT2D eigenvalue weighted by molar-refractivity contribution is 7.17. The Kier molecular flexibility index (Phi) is 5.67. The average molecular weight is 377 g/mol. The first-order valence-corrected chi connectivity index (χ1v) is 9.41. The van der Waals surface area contributed by atoms with Crippen molar-refractivity contribution in [2.45, 2.75) is 27.3 Å². The van der Waals surface area contributed by atoms with Crippen molar-refractivity contribution in [2.75, 3.05) is 37.7 Å². The minimum absolute atomic E-state index is 0.162. The van der Waals surface area contributed by atoms with Gasteiger partial charge in [-0.2, -0.15) is 4.98 Å². The number of anilines is 1. The minimum Gasteiger partial charge on any atom is -0.378 e. The molecule has 2 aromatic rings. The van der Waals surface area contributed by atoms with Gasteiger partial charge in [-0.25, -0.2) is 9.78 Å². The van der Waals surface area contributed by atoms with Crippen molar-refractivity contribution in [1.29, 1.82) is 0 Å². The fourth-order valence-corrected chi connectivity index (χ4v) is 3.93. The van der Waals surface area contributed by atoms with E-state index in [2.05, 4.69) is 20.2 Å². The van der Waals surface area contributed by atoms with Crippen molar-refractivity contribution in [3.63, 3.8) is 0 Å². The van der Waals surface area contributed by atoms with Crippen LogP contribution in [0.4, 0.5) is 5.13 Å². The van der Waals surface area contributed by atoms with Crippen LogP contribution >= 0.6 is 11.3 Å². The summed E-state index contributed by atoms with van der Waals surface area (Å²) in [6, 6.07) is 1.85. The zero-order chi connectivity index (χ0) is 18.7. The molecule has 3 rings (SSSR count). The van der Waals surface area contributed by atoms with Crippen LogP contribution in [-0.4, -0.2) is 53.3 Å². The molecule has 0 radical (unpaired) electrons. The highest BCUT2D eigenvalue weighted by Gasteiger charge is 2.20. The SMILES string of the molecule is Cc1cc(C)n(CCNC(=O)c2sc(N3CCOCC3)nc2C)c(=O)n1. The van der Waals surface area contributed by atoms with Gasteiger partial charge in [-0.05, 0) is 26.8 Å². The normalized spacial score (nSPS) is 14.5. The third kappa shape index (κ3) is 4.10. The molecule has 0 saturated carbocycles. The predicted molar refractivity (Wildman–Crippen MR) is 100 cm³/mol. The number of thiazole rings is 1. The van der Waals surface area contributed by atoms with Crippen LogP contribution in [0.15, 0.2) is 10.9 Å². The number of hydrogen-bond acceptors (Lipinski definition) is 7. The number of morpholine rings is 1. The molecule has 1 aliphatic heterocycles. The smallest absolute Gasteiger partial charge is 0.348 e. The Balaban J connectivity index is 1.62. The Morgan fingerprint density at radius 3 is 2.69 bits per heavy atom. The van der Waals surface area contributed by atoms with E-state index in [1.807, 2.05) is 19.9 Å². The molecule has 140 valence electrons. The van der Waals surface area contributed by atoms with Gasteiger partial charge >= 0.3 is 5.69 Å². The Morgan fingerprint density at radius 2 is 2.00 bits per heavy atom. The lowest BCUT2D eigenvalue weighted by Crippen LogP contribution is -2.36. The molecule has 1 fully saturated rings. The van der Waals surface area contributed by atoms with Gasteiger partial charge in [-0.3, -0.25) is 9.36 Å². The molecule has 1 saturated heterocycles. The van der Waals surface area contributed by atoms with Crippen molar-refractivity contribution < 1.29 is 9.53 Å². The molecule has 0 bridgehead atoms. The first kappa shape index (κ1) is 18.5. The lowest BCUT2D eigenvalue weighted by atomic mass is 10.3. The number of nitrogens with one attached hydrogen (secondary N) is 1. The topological polar surface area (TPSA) is 89.4 Å². The van der Waals surface area contributed by atoms with Gasteiger partial charge in [0.05, 0.1) is 18.9 Å². The van der Waals surface area contributed by atoms with E-state index in [4.69, 9.17) is 4.74 Å². The van der Waals surface area contributed by atoms with Gasteiger partial charge in [0.15, 0.2) is 5.13 Å². The Hall–Kier alpha value is -2.26. The molecule has 2 aromatic heterocycles. The molecule has 1 N–H and O–H groups in total. The molecule has 0 spiro atoms. The number of rotatable bonds is 5. The summed E-state index contributed by atoms with van der Waals surface area (Å²) < 4.78 is 6.91. The van der Waals surface area contributed by atoms with Crippen LogP contribution in [0, 0.1) is 20.8 Å². The van der Waals surface area contributed by atoms with Crippen molar-refractivity contribution >= 4 is 22.4 Å². The van der Waals surface area contributed by atoms with Crippen LogP contribution in [0.5, 0.6) is 0 Å². The Morgan fingerprint density at radius 1 is 1.27 bits per heavy atom. The number of hydrogen-bond donors (Lipinski definition) is 1. The molecule has 0 atom stereocenters. The molecular weight excluding hydrogens is 354 g/mol. The molecular formula is C17H23N5O3S. The Labute approximate surface area is 155 Å². The van der Waals surface area contributed by atoms with Gasteiger partial charge < -0.3 is 15.0 Å². The van der Waals surface area contributed by atoms with Crippen LogP contribution in [0.1, 0.15) is 26.8 Å². The second-order valence-corrected chi connectivity index (χ2v) is 7.22. The largest absolute Gasteiger partial charge is 0.378 e. The van der Waals surface area contributed by atoms with Gasteiger partial charge in [0.2, 0.25) is 0 Å². The van der Waals surface area contributed by atoms with Crippen molar-refractivity contribution in [1.82, 2.24) is 19.9 Å². The highest BCUT2D eigenvalue weighted by Crippen LogP contribution is 2.26. The standard InChI is InChI=1S/C17H23N5O3S/c1-11-10-12(2)22(16(24)19-11)5-4-18-15(23)14-13(3)20-17(26-14)21-6-8-25-9-7-21/h10H,4-9H2,1-3H3,(H,18,23). The minimum atomic E-state index is -0.291. The number of amides is 1. The summed E-state index contributed by atoms with van der Waals surface area (Å²) in [7, 11) is 0. The van der Waals surface area contributed by atoms with Gasteiger partial charge in [-0.1, -0.05) is 11.3 Å². The van der Waals surface area contributed by atoms with E-state index in [9.17, 15) is 9.59 Å². The van der Waals surface area contributed by atoms with Crippen LogP contribution in [-0.2, 0) is 11.3 Å². The zero-order valence-electron chi connectivity index (χ0n) is 15.2. The maximum atomic E-state index is 12.5. The number of nitrogens with zero attached hydrogens (tertiary/aromatic N) is 4. The lowest BCUT2D eigenvalue weighted by molar-refractivity contribution is 0.0955. The molecule has 0 aliphatic carbocycles. The van der Waals surface area contributed by atoms with Crippen molar-refractivity contribution in [3.8, 4) is 0 Å². The van der Waals surface area contributed by atoms with E-state index >= 15 is 0 Å². The fourth-order valence-electron chi connectivity index (χ4n) is 2.89. The third-order valence-corrected chi connectivity index (χ3v) is 5.46. The van der Waals surface area contributed by atoms with Crippen LogP contribution in [0.25, 0.3) is 0 Å². The van der Waals surface area contributed by atoms with Crippen LogP contribution in [0.2, 0.25) is 0 Å². The molecule has 9 heteroatoms. The second-order valence-electron chi connectivity index (χ2n) is 6.24. The maximum absolute atomic E-state index is 12.5. The summed E-state index contributed by atoms with van der Waals surface area (Å²) >= 11 is 1.39. The average Bonchev–Trinajstić information content (AvgIpc) is 3.00. The fraction of sp³-hybridized carbons (Fsp3) is 0.529. The first-order chi connectivity index (χ1) is 12.5. The number of ether oxygens (including phenoxy) is 1. The van der Waals surface area contributed by atoms with E-state index in [0.29, 0.717) is 36.9 Å². The highest BCUT2D eigenvalue weighted by atomic mass is 32.1. The number of carbonyl (C=O) groups excluding carboxylic acids is 1. The van der Waals surface area contributed by atoms with E-state index in [-0.39, 0.29) is 11.6 Å². The van der Waals surface area contributed by atoms with E-state index < -0.39 is 0 Å². The summed E-state index contributed by atoms with van der Waals surface area (Å²) in [5.74, 6) is -0.162. The monoisotopic (exact) mass is 377 g/mol. The molecule has 8 nitrogen and oxygen atoms in total.